The van der Waals surface area contributed by atoms with Crippen LogP contribution < -0.4 is 0 Å². The maximum Gasteiger partial charge on any atom is 0.0998 e. The van der Waals surface area contributed by atoms with Gasteiger partial charge in [-0.15, -0.1) is 11.3 Å². The summed E-state index contributed by atoms with van der Waals surface area (Å²) in [5.41, 5.74) is 1.84. The second-order valence-corrected chi connectivity index (χ2v) is 4.30. The van der Waals surface area contributed by atoms with E-state index in [1.807, 2.05) is 23.6 Å². The zero-order chi connectivity index (χ0) is 11.2. The zero-order valence-corrected chi connectivity index (χ0v) is 9.57. The van der Waals surface area contributed by atoms with E-state index in [4.69, 9.17) is 5.26 Å². The number of hydrogen-bond donors (Lipinski definition) is 0. The first-order valence-electron chi connectivity index (χ1n) is 5.13. The maximum absolute atomic E-state index is 8.45. The molecule has 0 aliphatic carbocycles. The van der Waals surface area contributed by atoms with Crippen LogP contribution >= 0.6 is 11.3 Å². The highest BCUT2D eigenvalue weighted by atomic mass is 32.1. The van der Waals surface area contributed by atoms with Crippen LogP contribution in [0.4, 0.5) is 0 Å². The fourth-order valence-electron chi connectivity index (χ4n) is 1.38. The van der Waals surface area contributed by atoms with Gasteiger partial charge in [-0.2, -0.15) is 5.26 Å². The van der Waals surface area contributed by atoms with E-state index >= 15 is 0 Å². The molecular weight excluding hydrogens is 218 g/mol. The molecule has 3 nitrogen and oxygen atoms in total. The molecule has 2 aromatic heterocycles. The van der Waals surface area contributed by atoms with Crippen LogP contribution in [0.2, 0.25) is 0 Å². The second-order valence-electron chi connectivity index (χ2n) is 3.35. The Bertz CT molecular complexity index is 484. The average molecular weight is 229 g/mol. The van der Waals surface area contributed by atoms with Crippen LogP contribution in [0.3, 0.4) is 0 Å². The standard InChI is InChI=1S/C12H11N3S/c13-7-3-1-6-12-15-11(9-16-12)10-5-2-4-8-14-10/h2,4-5,8-9H,1,3,6H2. The molecule has 0 spiro atoms. The molecule has 0 aliphatic heterocycles. The first-order valence-corrected chi connectivity index (χ1v) is 6.01. The van der Waals surface area contributed by atoms with Crippen LogP contribution in [0.15, 0.2) is 29.8 Å². The summed E-state index contributed by atoms with van der Waals surface area (Å²) in [5, 5.41) is 11.5. The highest BCUT2D eigenvalue weighted by molar-refractivity contribution is 7.09. The number of aryl methyl sites for hydroxylation is 1. The molecule has 0 fully saturated rings. The van der Waals surface area contributed by atoms with E-state index in [0.29, 0.717) is 6.42 Å². The lowest BCUT2D eigenvalue weighted by molar-refractivity contribution is 0.843. The van der Waals surface area contributed by atoms with E-state index in [1.54, 1.807) is 17.5 Å². The molecule has 0 atom stereocenters. The lowest BCUT2D eigenvalue weighted by Gasteiger charge is -1.93. The predicted molar refractivity (Wildman–Crippen MR) is 63.9 cm³/mol. The van der Waals surface area contributed by atoms with Gasteiger partial charge < -0.3 is 0 Å². The predicted octanol–water partition coefficient (Wildman–Crippen LogP) is 3.05. The Morgan fingerprint density at radius 1 is 1.31 bits per heavy atom. The van der Waals surface area contributed by atoms with Crippen LogP contribution in [0.25, 0.3) is 11.4 Å². The molecule has 0 bridgehead atoms. The monoisotopic (exact) mass is 229 g/mol. The number of nitriles is 1. The third-order valence-corrected chi connectivity index (χ3v) is 3.07. The van der Waals surface area contributed by atoms with Gasteiger partial charge in [-0.1, -0.05) is 6.07 Å². The van der Waals surface area contributed by atoms with Crippen molar-refractivity contribution in [3.8, 4) is 17.5 Å². The Kier molecular flexibility index (Phi) is 3.62. The van der Waals surface area contributed by atoms with Crippen LogP contribution in [0, 0.1) is 11.3 Å². The minimum absolute atomic E-state index is 0.596. The van der Waals surface area contributed by atoms with Crippen molar-refractivity contribution in [1.82, 2.24) is 9.97 Å². The van der Waals surface area contributed by atoms with Crippen LogP contribution in [-0.2, 0) is 6.42 Å². The fraction of sp³-hybridized carbons (Fsp3) is 0.250. The Morgan fingerprint density at radius 2 is 2.25 bits per heavy atom. The fourth-order valence-corrected chi connectivity index (χ4v) is 2.21. The van der Waals surface area contributed by atoms with Gasteiger partial charge in [0.15, 0.2) is 0 Å². The van der Waals surface area contributed by atoms with Crippen molar-refractivity contribution < 1.29 is 0 Å². The molecular formula is C12H11N3S. The highest BCUT2D eigenvalue weighted by Crippen LogP contribution is 2.20. The topological polar surface area (TPSA) is 49.6 Å². The molecule has 0 aromatic carbocycles. The molecule has 0 amide bonds. The second kappa shape index (κ2) is 5.38. The Hall–Kier alpha value is -1.73. The van der Waals surface area contributed by atoms with Gasteiger partial charge in [0.05, 0.1) is 22.5 Å². The van der Waals surface area contributed by atoms with Crippen LogP contribution in [0.1, 0.15) is 17.8 Å². The van der Waals surface area contributed by atoms with Gasteiger partial charge in [0.1, 0.15) is 0 Å². The van der Waals surface area contributed by atoms with E-state index in [9.17, 15) is 0 Å². The van der Waals surface area contributed by atoms with E-state index in [1.165, 1.54) is 0 Å². The first kappa shape index (κ1) is 10.8. The van der Waals surface area contributed by atoms with Gasteiger partial charge in [0.2, 0.25) is 0 Å². The molecule has 0 radical (unpaired) electrons. The van der Waals surface area contributed by atoms with Crippen molar-refractivity contribution in [2.75, 3.05) is 0 Å². The largest absolute Gasteiger partial charge is 0.255 e. The molecule has 4 heteroatoms. The molecule has 80 valence electrons. The first-order chi connectivity index (χ1) is 7.90. The van der Waals surface area contributed by atoms with E-state index in [0.717, 1.165) is 29.2 Å². The van der Waals surface area contributed by atoms with E-state index < -0.39 is 0 Å². The minimum atomic E-state index is 0.596. The third kappa shape index (κ3) is 2.65. The molecule has 2 rings (SSSR count). The van der Waals surface area contributed by atoms with Crippen LogP contribution in [-0.4, -0.2) is 9.97 Å². The van der Waals surface area contributed by atoms with Crippen molar-refractivity contribution in [2.45, 2.75) is 19.3 Å². The molecule has 2 heterocycles. The van der Waals surface area contributed by atoms with Gasteiger partial charge in [-0.05, 0) is 18.6 Å². The number of pyridine rings is 1. The SMILES string of the molecule is N#CCCCc1nc(-c2ccccn2)cs1. The third-order valence-electron chi connectivity index (χ3n) is 2.16. The lowest BCUT2D eigenvalue weighted by Crippen LogP contribution is -1.85. The number of rotatable bonds is 4. The Morgan fingerprint density at radius 3 is 3.00 bits per heavy atom. The molecule has 16 heavy (non-hydrogen) atoms. The lowest BCUT2D eigenvalue weighted by atomic mass is 10.2. The number of aromatic nitrogens is 2. The van der Waals surface area contributed by atoms with Gasteiger partial charge in [-0.3, -0.25) is 4.98 Å². The van der Waals surface area contributed by atoms with Crippen molar-refractivity contribution in [3.05, 3.63) is 34.8 Å². The average Bonchev–Trinajstić information content (AvgIpc) is 2.79. The molecule has 0 aliphatic rings. The van der Waals surface area contributed by atoms with Gasteiger partial charge >= 0.3 is 0 Å². The van der Waals surface area contributed by atoms with Gasteiger partial charge in [0, 0.05) is 24.4 Å². The molecule has 0 unspecified atom stereocenters. The van der Waals surface area contributed by atoms with Crippen molar-refractivity contribution >= 4 is 11.3 Å². The summed E-state index contributed by atoms with van der Waals surface area (Å²) in [6, 6.07) is 7.94. The van der Waals surface area contributed by atoms with E-state index in [-0.39, 0.29) is 0 Å². The summed E-state index contributed by atoms with van der Waals surface area (Å²) in [7, 11) is 0. The smallest absolute Gasteiger partial charge is 0.0998 e. The van der Waals surface area contributed by atoms with Crippen molar-refractivity contribution in [1.29, 1.82) is 5.26 Å². The molecule has 0 N–H and O–H groups in total. The summed E-state index contributed by atoms with van der Waals surface area (Å²) in [4.78, 5) is 8.75. The highest BCUT2D eigenvalue weighted by Gasteiger charge is 2.04. The van der Waals surface area contributed by atoms with Crippen molar-refractivity contribution in [3.63, 3.8) is 0 Å². The summed E-state index contributed by atoms with van der Waals surface area (Å²) in [5.74, 6) is 0. The van der Waals surface area contributed by atoms with Crippen LogP contribution in [0.5, 0.6) is 0 Å². The maximum atomic E-state index is 8.45. The Balaban J connectivity index is 2.06. The number of unbranched alkanes of at least 4 members (excludes halogenated alkanes) is 1. The molecule has 2 aromatic rings. The minimum Gasteiger partial charge on any atom is -0.255 e. The zero-order valence-electron chi connectivity index (χ0n) is 8.76. The van der Waals surface area contributed by atoms with E-state index in [2.05, 4.69) is 16.0 Å². The number of thiazole rings is 1. The Labute approximate surface area is 98.4 Å². The summed E-state index contributed by atoms with van der Waals surface area (Å²) in [6.07, 6.45) is 4.12. The summed E-state index contributed by atoms with van der Waals surface area (Å²) >= 11 is 1.63. The summed E-state index contributed by atoms with van der Waals surface area (Å²) in [6.45, 7) is 0. The number of hydrogen-bond acceptors (Lipinski definition) is 4. The van der Waals surface area contributed by atoms with Gasteiger partial charge in [-0.25, -0.2) is 4.98 Å². The van der Waals surface area contributed by atoms with Gasteiger partial charge in [0.25, 0.3) is 0 Å². The molecule has 0 saturated carbocycles. The quantitative estimate of drug-likeness (QED) is 0.757. The molecule has 0 saturated heterocycles. The number of nitrogens with zero attached hydrogens (tertiary/aromatic N) is 3. The summed E-state index contributed by atoms with van der Waals surface area (Å²) < 4.78 is 0. The normalized spacial score (nSPS) is 9.94. The van der Waals surface area contributed by atoms with Crippen molar-refractivity contribution in [2.24, 2.45) is 0 Å².